The van der Waals surface area contributed by atoms with Gasteiger partial charge in [0.25, 0.3) is 11.8 Å². The van der Waals surface area contributed by atoms with Crippen LogP contribution in [0.15, 0.2) is 66.9 Å². The number of amides is 2. The number of pyridine rings is 1. The van der Waals surface area contributed by atoms with Crippen LogP contribution >= 0.6 is 0 Å². The average Bonchev–Trinajstić information content (AvgIpc) is 2.74. The van der Waals surface area contributed by atoms with Crippen molar-refractivity contribution in [3.05, 3.63) is 89.2 Å². The molecule has 1 heterocycles. The summed E-state index contributed by atoms with van der Waals surface area (Å²) in [6.07, 6.45) is 2.32. The number of hydrogen-bond donors (Lipinski definition) is 2. The van der Waals surface area contributed by atoms with Gasteiger partial charge in [-0.05, 0) is 48.4 Å². The molecule has 3 rings (SSSR count). The highest BCUT2D eigenvalue weighted by Crippen LogP contribution is 2.16. The molecule has 0 spiro atoms. The molecule has 1 aromatic heterocycles. The molecule has 2 aromatic carbocycles. The molecule has 0 aliphatic carbocycles. The lowest BCUT2D eigenvalue weighted by Gasteiger charge is -2.09. The number of nitrogens with zero attached hydrogens (tertiary/aromatic N) is 2. The largest absolute Gasteiger partial charge is 0.321 e. The number of anilines is 2. The number of hydrogen-bond acceptors (Lipinski definition) is 4. The third-order valence-electron chi connectivity index (χ3n) is 4.17. The third-order valence-corrected chi connectivity index (χ3v) is 4.17. The summed E-state index contributed by atoms with van der Waals surface area (Å²) >= 11 is 0. The van der Waals surface area contributed by atoms with Crippen molar-refractivity contribution in [1.29, 1.82) is 5.26 Å². The van der Waals surface area contributed by atoms with E-state index in [-0.39, 0.29) is 11.3 Å². The zero-order valence-corrected chi connectivity index (χ0v) is 15.3. The first kappa shape index (κ1) is 18.8. The highest BCUT2D eigenvalue weighted by Gasteiger charge is 2.13. The second kappa shape index (κ2) is 8.60. The minimum Gasteiger partial charge on any atom is -0.321 e. The van der Waals surface area contributed by atoms with Gasteiger partial charge in [0.1, 0.15) is 11.8 Å². The Morgan fingerprint density at radius 2 is 1.75 bits per heavy atom. The van der Waals surface area contributed by atoms with Crippen molar-refractivity contribution in [3.8, 4) is 6.07 Å². The molecule has 2 amide bonds. The lowest BCUT2D eigenvalue weighted by molar-refractivity contribution is 0.102. The summed E-state index contributed by atoms with van der Waals surface area (Å²) in [4.78, 5) is 29.0. The molecule has 3 aromatic rings. The van der Waals surface area contributed by atoms with Gasteiger partial charge in [-0.25, -0.2) is 0 Å². The second-order valence-electron chi connectivity index (χ2n) is 6.05. The van der Waals surface area contributed by atoms with E-state index < -0.39 is 11.8 Å². The number of rotatable bonds is 5. The fraction of sp³-hybridized carbons (Fsp3) is 0.0909. The molecule has 0 saturated carbocycles. The Labute approximate surface area is 162 Å². The Morgan fingerprint density at radius 1 is 1.00 bits per heavy atom. The lowest BCUT2D eigenvalue weighted by atomic mass is 10.1. The van der Waals surface area contributed by atoms with Gasteiger partial charge in [0.15, 0.2) is 0 Å². The van der Waals surface area contributed by atoms with Gasteiger partial charge < -0.3 is 10.6 Å². The van der Waals surface area contributed by atoms with Crippen LogP contribution in [0, 0.1) is 11.3 Å². The lowest BCUT2D eigenvalue weighted by Crippen LogP contribution is -2.17. The van der Waals surface area contributed by atoms with Crippen LogP contribution in [0.5, 0.6) is 0 Å². The fourth-order valence-corrected chi connectivity index (χ4v) is 2.60. The van der Waals surface area contributed by atoms with Crippen molar-refractivity contribution in [3.63, 3.8) is 0 Å². The van der Waals surface area contributed by atoms with Crippen LogP contribution in [-0.2, 0) is 6.42 Å². The average molecular weight is 370 g/mol. The number of carbonyl (C=O) groups excluding carboxylic acids is 2. The zero-order valence-electron chi connectivity index (χ0n) is 15.3. The molecule has 2 N–H and O–H groups in total. The zero-order chi connectivity index (χ0) is 19.9. The highest BCUT2D eigenvalue weighted by atomic mass is 16.2. The molecule has 0 radical (unpaired) electrons. The first-order chi connectivity index (χ1) is 13.6. The van der Waals surface area contributed by atoms with E-state index in [1.165, 1.54) is 23.9 Å². The van der Waals surface area contributed by atoms with E-state index in [1.807, 2.05) is 30.3 Å². The van der Waals surface area contributed by atoms with Gasteiger partial charge in [-0.15, -0.1) is 0 Å². The topological polar surface area (TPSA) is 94.9 Å². The maximum atomic E-state index is 12.5. The highest BCUT2D eigenvalue weighted by molar-refractivity contribution is 6.08. The molecule has 28 heavy (non-hydrogen) atoms. The number of aryl methyl sites for hydroxylation is 1. The first-order valence-electron chi connectivity index (χ1n) is 8.77. The molecule has 6 nitrogen and oxygen atoms in total. The maximum absolute atomic E-state index is 12.5. The number of carbonyl (C=O) groups is 2. The molecule has 0 aliphatic heterocycles. The van der Waals surface area contributed by atoms with Crippen LogP contribution < -0.4 is 10.6 Å². The molecule has 0 fully saturated rings. The van der Waals surface area contributed by atoms with E-state index in [2.05, 4.69) is 22.5 Å². The first-order valence-corrected chi connectivity index (χ1v) is 8.77. The van der Waals surface area contributed by atoms with Gasteiger partial charge in [0.05, 0.1) is 11.3 Å². The van der Waals surface area contributed by atoms with E-state index in [9.17, 15) is 9.59 Å². The smallest absolute Gasteiger partial charge is 0.274 e. The van der Waals surface area contributed by atoms with Crippen molar-refractivity contribution >= 4 is 23.2 Å². The minimum absolute atomic E-state index is 0.126. The van der Waals surface area contributed by atoms with Crippen LogP contribution in [0.3, 0.4) is 0 Å². The summed E-state index contributed by atoms with van der Waals surface area (Å²) in [6.45, 7) is 2.06. The third kappa shape index (κ3) is 4.40. The Hall–Kier alpha value is -3.98. The summed E-state index contributed by atoms with van der Waals surface area (Å²) in [6, 6.07) is 19.2. The predicted octanol–water partition coefficient (Wildman–Crippen LogP) is 4.02. The van der Waals surface area contributed by atoms with Crippen LogP contribution in [0.4, 0.5) is 11.4 Å². The van der Waals surface area contributed by atoms with E-state index in [4.69, 9.17) is 5.26 Å². The normalized spacial score (nSPS) is 10.0. The number of nitrogens with one attached hydrogen (secondary N) is 2. The molecular formula is C22H18N4O2. The maximum Gasteiger partial charge on any atom is 0.274 e. The summed E-state index contributed by atoms with van der Waals surface area (Å²) in [5, 5.41) is 14.6. The summed E-state index contributed by atoms with van der Waals surface area (Å²) in [7, 11) is 0. The number of para-hydroxylation sites is 1. The van der Waals surface area contributed by atoms with E-state index in [1.54, 1.807) is 24.3 Å². The SMILES string of the molecule is CCc1ccc(NC(=O)c2cc(C(=O)Nc3ccccc3C#N)ccn2)cc1. The number of aromatic nitrogens is 1. The van der Waals surface area contributed by atoms with Crippen molar-refractivity contribution in [1.82, 2.24) is 4.98 Å². The standard InChI is InChI=1S/C22H18N4O2/c1-2-15-7-9-18(10-8-15)25-22(28)20-13-16(11-12-24-20)21(27)26-19-6-4-3-5-17(19)14-23/h3-13H,2H2,1H3,(H,25,28)(H,26,27). The molecule has 0 atom stereocenters. The fourth-order valence-electron chi connectivity index (χ4n) is 2.60. The van der Waals surface area contributed by atoms with Gasteiger partial charge in [0.2, 0.25) is 0 Å². The number of nitriles is 1. The molecule has 138 valence electrons. The van der Waals surface area contributed by atoms with E-state index >= 15 is 0 Å². The number of benzene rings is 2. The van der Waals surface area contributed by atoms with Crippen molar-refractivity contribution in [2.24, 2.45) is 0 Å². The quantitative estimate of drug-likeness (QED) is 0.709. The van der Waals surface area contributed by atoms with E-state index in [0.29, 0.717) is 16.9 Å². The Morgan fingerprint density at radius 3 is 2.46 bits per heavy atom. The van der Waals surface area contributed by atoms with Gasteiger partial charge >= 0.3 is 0 Å². The molecule has 0 unspecified atom stereocenters. The predicted molar refractivity (Wildman–Crippen MR) is 107 cm³/mol. The van der Waals surface area contributed by atoms with Crippen LogP contribution in [0.2, 0.25) is 0 Å². The van der Waals surface area contributed by atoms with Crippen LogP contribution in [0.1, 0.15) is 38.9 Å². The molecule has 0 aliphatic rings. The Bertz CT molecular complexity index is 1050. The van der Waals surface area contributed by atoms with E-state index in [0.717, 1.165) is 6.42 Å². The van der Waals surface area contributed by atoms with Crippen molar-refractivity contribution in [2.45, 2.75) is 13.3 Å². The monoisotopic (exact) mass is 370 g/mol. The molecule has 6 heteroatoms. The molecular weight excluding hydrogens is 352 g/mol. The molecule has 0 bridgehead atoms. The van der Waals surface area contributed by atoms with Gasteiger partial charge in [-0.2, -0.15) is 5.26 Å². The Balaban J connectivity index is 1.74. The summed E-state index contributed by atoms with van der Waals surface area (Å²) < 4.78 is 0. The Kier molecular flexibility index (Phi) is 5.78. The molecule has 0 saturated heterocycles. The second-order valence-corrected chi connectivity index (χ2v) is 6.05. The van der Waals surface area contributed by atoms with Crippen molar-refractivity contribution in [2.75, 3.05) is 10.6 Å². The minimum atomic E-state index is -0.425. The van der Waals surface area contributed by atoms with Crippen molar-refractivity contribution < 1.29 is 9.59 Å². The summed E-state index contributed by atoms with van der Waals surface area (Å²) in [5.74, 6) is -0.831. The van der Waals surface area contributed by atoms with Gasteiger partial charge in [-0.3, -0.25) is 14.6 Å². The van der Waals surface area contributed by atoms with Gasteiger partial charge in [-0.1, -0.05) is 31.2 Å². The van der Waals surface area contributed by atoms with Gasteiger partial charge in [0, 0.05) is 17.4 Å². The van der Waals surface area contributed by atoms with Crippen LogP contribution in [-0.4, -0.2) is 16.8 Å². The van der Waals surface area contributed by atoms with Crippen LogP contribution in [0.25, 0.3) is 0 Å². The summed E-state index contributed by atoms with van der Waals surface area (Å²) in [5.41, 5.74) is 3.00.